The molecule has 0 saturated heterocycles. The number of aryl methyl sites for hydroxylation is 1. The molecule has 1 saturated carbocycles. The van der Waals surface area contributed by atoms with Crippen LogP contribution in [0.1, 0.15) is 43.1 Å². The van der Waals surface area contributed by atoms with E-state index in [-0.39, 0.29) is 16.8 Å². The predicted molar refractivity (Wildman–Crippen MR) is 73.2 cm³/mol. The van der Waals surface area contributed by atoms with E-state index in [1.54, 1.807) is 0 Å². The minimum Gasteiger partial charge on any atom is -0.464 e. The van der Waals surface area contributed by atoms with Crippen LogP contribution in [-0.4, -0.2) is 24.1 Å². The zero-order valence-electron chi connectivity index (χ0n) is 11.7. The molecule has 1 aromatic heterocycles. The van der Waals surface area contributed by atoms with Crippen molar-refractivity contribution in [1.82, 2.24) is 4.98 Å². The van der Waals surface area contributed by atoms with Gasteiger partial charge in [-0.25, -0.2) is 9.78 Å². The van der Waals surface area contributed by atoms with E-state index in [1.165, 1.54) is 18.4 Å². The summed E-state index contributed by atoms with van der Waals surface area (Å²) in [6.07, 6.45) is 0. The Morgan fingerprint density at radius 1 is 1.33 bits per heavy atom. The lowest BCUT2D eigenvalue weighted by molar-refractivity contribution is 0.0594. The molecule has 100 valence electrons. The van der Waals surface area contributed by atoms with Gasteiger partial charge in [0.25, 0.3) is 0 Å². The molecule has 0 unspecified atom stereocenters. The smallest absolute Gasteiger partial charge is 0.357 e. The molecule has 0 spiro atoms. The second-order valence-electron chi connectivity index (χ2n) is 5.94. The summed E-state index contributed by atoms with van der Waals surface area (Å²) >= 11 is 1.50. The molecule has 1 aliphatic rings. The number of carbonyl (C=O) groups is 1. The highest BCUT2D eigenvalue weighted by Crippen LogP contribution is 2.63. The van der Waals surface area contributed by atoms with Crippen molar-refractivity contribution in [2.75, 3.05) is 12.4 Å². The van der Waals surface area contributed by atoms with E-state index in [0.717, 1.165) is 10.0 Å². The molecule has 1 fully saturated rings. The van der Waals surface area contributed by atoms with Gasteiger partial charge in [-0.05, 0) is 17.8 Å². The number of esters is 1. The number of rotatable bonds is 3. The van der Waals surface area contributed by atoms with Crippen molar-refractivity contribution in [2.24, 2.45) is 10.8 Å². The lowest BCUT2D eigenvalue weighted by Crippen LogP contribution is -2.10. The number of anilines is 1. The molecule has 0 atom stereocenters. The second-order valence-corrected chi connectivity index (χ2v) is 7.14. The van der Waals surface area contributed by atoms with Gasteiger partial charge in [0.1, 0.15) is 0 Å². The molecule has 1 N–H and O–H groups in total. The van der Waals surface area contributed by atoms with Crippen LogP contribution in [0.4, 0.5) is 5.13 Å². The first-order valence-electron chi connectivity index (χ1n) is 6.04. The van der Waals surface area contributed by atoms with Crippen molar-refractivity contribution in [3.8, 4) is 0 Å². The molecule has 0 radical (unpaired) electrons. The first-order chi connectivity index (χ1) is 8.21. The van der Waals surface area contributed by atoms with Gasteiger partial charge < -0.3 is 10.1 Å². The summed E-state index contributed by atoms with van der Waals surface area (Å²) in [4.78, 5) is 16.7. The van der Waals surface area contributed by atoms with Crippen LogP contribution in [0, 0.1) is 17.8 Å². The zero-order chi connectivity index (χ0) is 13.7. The Bertz CT molecular complexity index is 477. The van der Waals surface area contributed by atoms with Crippen LogP contribution in [0.5, 0.6) is 0 Å². The van der Waals surface area contributed by atoms with E-state index >= 15 is 0 Å². The highest BCUT2D eigenvalue weighted by Gasteiger charge is 2.65. The van der Waals surface area contributed by atoms with Crippen molar-refractivity contribution in [1.29, 1.82) is 0 Å². The maximum absolute atomic E-state index is 11.5. The molecule has 1 aliphatic carbocycles. The van der Waals surface area contributed by atoms with Crippen molar-refractivity contribution in [2.45, 2.75) is 40.7 Å². The standard InChI is InChI=1S/C13H20N2O2S/c1-7-8(9(16)17-6)14-11(18-7)15-10-12(2,3)13(10,4)5/h10H,1-6H3,(H,14,15). The number of nitrogens with zero attached hydrogens (tertiary/aromatic N) is 1. The molecule has 0 amide bonds. The number of ether oxygens (including phenoxy) is 1. The average Bonchev–Trinajstić information content (AvgIpc) is 2.63. The van der Waals surface area contributed by atoms with E-state index in [9.17, 15) is 4.79 Å². The van der Waals surface area contributed by atoms with E-state index in [0.29, 0.717) is 11.7 Å². The van der Waals surface area contributed by atoms with Gasteiger partial charge >= 0.3 is 5.97 Å². The van der Waals surface area contributed by atoms with Crippen LogP contribution in [0.3, 0.4) is 0 Å². The van der Waals surface area contributed by atoms with Crippen LogP contribution < -0.4 is 5.32 Å². The number of hydrogen-bond donors (Lipinski definition) is 1. The lowest BCUT2D eigenvalue weighted by atomic mass is 10.0. The third kappa shape index (κ3) is 1.81. The summed E-state index contributed by atoms with van der Waals surface area (Å²) in [6, 6.07) is 0.390. The molecule has 4 nitrogen and oxygen atoms in total. The molecule has 0 bridgehead atoms. The van der Waals surface area contributed by atoms with E-state index in [2.05, 4.69) is 38.0 Å². The zero-order valence-corrected chi connectivity index (χ0v) is 12.6. The van der Waals surface area contributed by atoms with Crippen LogP contribution in [0.25, 0.3) is 0 Å². The second kappa shape index (κ2) is 3.95. The molecule has 1 aromatic rings. The van der Waals surface area contributed by atoms with Gasteiger partial charge in [-0.3, -0.25) is 0 Å². The maximum atomic E-state index is 11.5. The van der Waals surface area contributed by atoms with Crippen LogP contribution >= 0.6 is 11.3 Å². The fourth-order valence-electron chi connectivity index (χ4n) is 2.42. The van der Waals surface area contributed by atoms with E-state index in [4.69, 9.17) is 4.74 Å². The summed E-state index contributed by atoms with van der Waals surface area (Å²) in [5.41, 5.74) is 0.914. The quantitative estimate of drug-likeness (QED) is 0.856. The van der Waals surface area contributed by atoms with Gasteiger partial charge in [-0.15, -0.1) is 11.3 Å². The molecule has 0 aliphatic heterocycles. The molecular weight excluding hydrogens is 248 g/mol. The van der Waals surface area contributed by atoms with E-state index < -0.39 is 0 Å². The Morgan fingerprint density at radius 3 is 2.33 bits per heavy atom. The number of thiazole rings is 1. The molecule has 2 rings (SSSR count). The predicted octanol–water partition coefficient (Wildman–Crippen LogP) is 3.08. The summed E-state index contributed by atoms with van der Waals surface area (Å²) in [7, 11) is 1.38. The Morgan fingerprint density at radius 2 is 1.89 bits per heavy atom. The van der Waals surface area contributed by atoms with E-state index in [1.807, 2.05) is 6.92 Å². The highest BCUT2D eigenvalue weighted by atomic mass is 32.1. The number of hydrogen-bond acceptors (Lipinski definition) is 5. The Kier molecular flexibility index (Phi) is 2.93. The third-order valence-corrected chi connectivity index (χ3v) is 5.37. The Hall–Kier alpha value is -1.10. The number of methoxy groups -OCH3 is 1. The number of aromatic nitrogens is 1. The molecule has 0 aromatic carbocycles. The molecule has 18 heavy (non-hydrogen) atoms. The summed E-state index contributed by atoms with van der Waals surface area (Å²) in [5.74, 6) is -0.369. The Labute approximate surface area is 112 Å². The first kappa shape index (κ1) is 13.3. The fourth-order valence-corrected chi connectivity index (χ4v) is 3.25. The monoisotopic (exact) mass is 268 g/mol. The SMILES string of the molecule is COC(=O)c1nc(NC2C(C)(C)C2(C)C)sc1C. The van der Waals surface area contributed by atoms with Crippen molar-refractivity contribution in [3.63, 3.8) is 0 Å². The molecular formula is C13H20N2O2S. The normalized spacial score (nSPS) is 20.6. The first-order valence-corrected chi connectivity index (χ1v) is 6.85. The molecule has 5 heteroatoms. The van der Waals surface area contributed by atoms with Gasteiger partial charge in [0.2, 0.25) is 0 Å². The minimum absolute atomic E-state index is 0.248. The fraction of sp³-hybridized carbons (Fsp3) is 0.692. The summed E-state index contributed by atoms with van der Waals surface area (Å²) in [5, 5.41) is 4.24. The number of nitrogens with one attached hydrogen (secondary N) is 1. The van der Waals surface area contributed by atoms with Gasteiger partial charge in [0.05, 0.1) is 7.11 Å². The summed E-state index contributed by atoms with van der Waals surface area (Å²) in [6.45, 7) is 10.9. The van der Waals surface area contributed by atoms with Crippen LogP contribution in [0.2, 0.25) is 0 Å². The molecule has 1 heterocycles. The minimum atomic E-state index is -0.369. The topological polar surface area (TPSA) is 51.2 Å². The third-order valence-electron chi connectivity index (χ3n) is 4.46. The average molecular weight is 268 g/mol. The maximum Gasteiger partial charge on any atom is 0.357 e. The van der Waals surface area contributed by atoms with Crippen molar-refractivity contribution in [3.05, 3.63) is 10.6 Å². The van der Waals surface area contributed by atoms with Crippen LogP contribution in [-0.2, 0) is 4.74 Å². The van der Waals surface area contributed by atoms with Gasteiger partial charge in [0, 0.05) is 10.9 Å². The summed E-state index contributed by atoms with van der Waals surface area (Å²) < 4.78 is 4.71. The van der Waals surface area contributed by atoms with Gasteiger partial charge in [-0.1, -0.05) is 27.7 Å². The van der Waals surface area contributed by atoms with Crippen molar-refractivity contribution >= 4 is 22.4 Å². The number of carbonyl (C=O) groups excluding carboxylic acids is 1. The Balaban J connectivity index is 2.16. The largest absolute Gasteiger partial charge is 0.464 e. The van der Waals surface area contributed by atoms with Crippen molar-refractivity contribution < 1.29 is 9.53 Å². The van der Waals surface area contributed by atoms with Gasteiger partial charge in [0.15, 0.2) is 10.8 Å². The lowest BCUT2D eigenvalue weighted by Gasteiger charge is -2.03. The van der Waals surface area contributed by atoms with Crippen LogP contribution in [0.15, 0.2) is 0 Å². The van der Waals surface area contributed by atoms with Gasteiger partial charge in [-0.2, -0.15) is 0 Å². The highest BCUT2D eigenvalue weighted by molar-refractivity contribution is 7.15.